The largest absolute Gasteiger partial charge is 0.338 e. The summed E-state index contributed by atoms with van der Waals surface area (Å²) in [5.74, 6) is 0.699. The molecule has 0 amide bonds. The van der Waals surface area contributed by atoms with E-state index in [1.54, 1.807) is 23.0 Å². The zero-order chi connectivity index (χ0) is 21.3. The second-order valence-corrected chi connectivity index (χ2v) is 8.71. The first-order chi connectivity index (χ1) is 14.4. The molecule has 0 bridgehead atoms. The molecule has 0 aliphatic carbocycles. The molecule has 1 unspecified atom stereocenters. The molecule has 0 spiro atoms. The topological polar surface area (TPSA) is 63.1 Å². The van der Waals surface area contributed by atoms with Crippen molar-refractivity contribution in [1.82, 2.24) is 19.9 Å². The quantitative estimate of drug-likeness (QED) is 0.689. The molecule has 3 aromatic rings. The number of hydrogen-bond donors (Lipinski definition) is 1. The summed E-state index contributed by atoms with van der Waals surface area (Å²) < 4.78 is 1.74. The molecule has 4 rings (SSSR count). The number of benzene rings is 1. The van der Waals surface area contributed by atoms with Crippen molar-refractivity contribution < 1.29 is 0 Å². The van der Waals surface area contributed by atoms with E-state index >= 15 is 0 Å². The minimum atomic E-state index is -0.161. The van der Waals surface area contributed by atoms with Crippen molar-refractivity contribution in [2.75, 3.05) is 18.0 Å². The van der Waals surface area contributed by atoms with Gasteiger partial charge in [-0.2, -0.15) is 0 Å². The first-order valence-electron chi connectivity index (χ1n) is 10.2. The van der Waals surface area contributed by atoms with Gasteiger partial charge in [-0.3, -0.25) is 14.3 Å². The van der Waals surface area contributed by atoms with E-state index in [1.807, 2.05) is 43.3 Å². The van der Waals surface area contributed by atoms with Crippen molar-refractivity contribution in [3.05, 3.63) is 75.8 Å². The lowest BCUT2D eigenvalue weighted by atomic mass is 9.95. The molecular formula is C23H26ClN5O. The van der Waals surface area contributed by atoms with Crippen LogP contribution in [0.4, 0.5) is 5.95 Å². The van der Waals surface area contributed by atoms with Gasteiger partial charge in [0, 0.05) is 54.2 Å². The lowest BCUT2D eigenvalue weighted by molar-refractivity contribution is 0.288. The van der Waals surface area contributed by atoms with Crippen LogP contribution in [0.2, 0.25) is 5.02 Å². The molecule has 2 aromatic heterocycles. The Morgan fingerprint density at radius 2 is 1.87 bits per heavy atom. The summed E-state index contributed by atoms with van der Waals surface area (Å²) in [6.45, 7) is 8.32. The Hall–Kier alpha value is -2.70. The molecule has 0 saturated carbocycles. The summed E-state index contributed by atoms with van der Waals surface area (Å²) in [6.07, 6.45) is 3.43. The van der Waals surface area contributed by atoms with Crippen molar-refractivity contribution in [3.63, 3.8) is 0 Å². The molecule has 1 atom stereocenters. The third kappa shape index (κ3) is 4.25. The standard InChI is InChI=1S/C23H26ClN5O/c1-4-29-21(30)13-19(17-9-11-25-12-10-17)26-22(29)28-14-20(27-23(2,3)15-28)16-5-7-18(24)8-6-16/h5-13,20,27H,4,14-15H2,1-3H3. The zero-order valence-corrected chi connectivity index (χ0v) is 18.2. The molecule has 3 heterocycles. The smallest absolute Gasteiger partial charge is 0.255 e. The normalized spacial score (nSPS) is 18.4. The summed E-state index contributed by atoms with van der Waals surface area (Å²) in [4.78, 5) is 24.1. The average Bonchev–Trinajstić information content (AvgIpc) is 2.73. The van der Waals surface area contributed by atoms with Crippen molar-refractivity contribution in [2.45, 2.75) is 38.9 Å². The maximum absolute atomic E-state index is 12.9. The fourth-order valence-electron chi connectivity index (χ4n) is 4.06. The molecule has 7 heteroatoms. The van der Waals surface area contributed by atoms with Crippen molar-refractivity contribution >= 4 is 17.5 Å². The van der Waals surface area contributed by atoms with E-state index in [2.05, 4.69) is 29.0 Å². The van der Waals surface area contributed by atoms with Crippen molar-refractivity contribution in [2.24, 2.45) is 0 Å². The second kappa shape index (κ2) is 8.20. The Kier molecular flexibility index (Phi) is 5.62. The molecule has 1 aliphatic heterocycles. The summed E-state index contributed by atoms with van der Waals surface area (Å²) >= 11 is 6.08. The van der Waals surface area contributed by atoms with E-state index < -0.39 is 0 Å². The maximum atomic E-state index is 12.9. The van der Waals surface area contributed by atoms with Gasteiger partial charge in [0.15, 0.2) is 0 Å². The van der Waals surface area contributed by atoms with Gasteiger partial charge in [0.05, 0.1) is 11.7 Å². The van der Waals surface area contributed by atoms with Gasteiger partial charge >= 0.3 is 0 Å². The molecule has 0 radical (unpaired) electrons. The first-order valence-corrected chi connectivity index (χ1v) is 10.5. The number of aromatic nitrogens is 3. The Morgan fingerprint density at radius 1 is 1.17 bits per heavy atom. The predicted octanol–water partition coefficient (Wildman–Crippen LogP) is 3.91. The Balaban J connectivity index is 1.76. The SMILES string of the molecule is CCn1c(N2CC(c3ccc(Cl)cc3)NC(C)(C)C2)nc(-c2ccncc2)cc1=O. The monoisotopic (exact) mass is 423 g/mol. The maximum Gasteiger partial charge on any atom is 0.255 e. The summed E-state index contributed by atoms with van der Waals surface area (Å²) in [7, 11) is 0. The van der Waals surface area contributed by atoms with Crippen LogP contribution in [-0.4, -0.2) is 33.2 Å². The van der Waals surface area contributed by atoms with Gasteiger partial charge in [-0.25, -0.2) is 4.98 Å². The van der Waals surface area contributed by atoms with Crippen LogP contribution in [0.15, 0.2) is 59.7 Å². The van der Waals surface area contributed by atoms with E-state index in [-0.39, 0.29) is 17.1 Å². The van der Waals surface area contributed by atoms with E-state index in [4.69, 9.17) is 16.6 Å². The molecule has 1 aliphatic rings. The lowest BCUT2D eigenvalue weighted by Crippen LogP contribution is -2.59. The number of pyridine rings is 1. The molecule has 30 heavy (non-hydrogen) atoms. The van der Waals surface area contributed by atoms with Crippen LogP contribution in [-0.2, 0) is 6.54 Å². The summed E-state index contributed by atoms with van der Waals surface area (Å²) in [6, 6.07) is 13.4. The number of rotatable bonds is 4. The van der Waals surface area contributed by atoms with Gasteiger partial charge in [0.1, 0.15) is 0 Å². The van der Waals surface area contributed by atoms with Gasteiger partial charge in [-0.15, -0.1) is 0 Å². The van der Waals surface area contributed by atoms with Crippen LogP contribution in [0.1, 0.15) is 32.4 Å². The predicted molar refractivity (Wildman–Crippen MR) is 121 cm³/mol. The van der Waals surface area contributed by atoms with Crippen LogP contribution >= 0.6 is 11.6 Å². The average molecular weight is 424 g/mol. The fourth-order valence-corrected chi connectivity index (χ4v) is 4.19. The minimum Gasteiger partial charge on any atom is -0.338 e. The van der Waals surface area contributed by atoms with Crippen molar-refractivity contribution in [1.29, 1.82) is 0 Å². The first kappa shape index (κ1) is 20.6. The minimum absolute atomic E-state index is 0.0475. The van der Waals surface area contributed by atoms with Gasteiger partial charge in [-0.1, -0.05) is 23.7 Å². The number of hydrogen-bond acceptors (Lipinski definition) is 5. The number of nitrogens with zero attached hydrogens (tertiary/aromatic N) is 4. The third-order valence-corrected chi connectivity index (χ3v) is 5.64. The van der Waals surface area contributed by atoms with E-state index in [0.29, 0.717) is 24.7 Å². The lowest BCUT2D eigenvalue weighted by Gasteiger charge is -2.45. The van der Waals surface area contributed by atoms with Gasteiger partial charge in [0.2, 0.25) is 5.95 Å². The molecule has 156 valence electrons. The van der Waals surface area contributed by atoms with Crippen LogP contribution in [0.25, 0.3) is 11.3 Å². The summed E-state index contributed by atoms with van der Waals surface area (Å²) in [5.41, 5.74) is 2.50. The van der Waals surface area contributed by atoms with Gasteiger partial charge in [0.25, 0.3) is 5.56 Å². The van der Waals surface area contributed by atoms with Crippen LogP contribution in [0, 0.1) is 0 Å². The summed E-state index contributed by atoms with van der Waals surface area (Å²) in [5, 5.41) is 4.44. The molecule has 1 aromatic carbocycles. The number of nitrogens with one attached hydrogen (secondary N) is 1. The van der Waals surface area contributed by atoms with Crippen molar-refractivity contribution in [3.8, 4) is 11.3 Å². The number of halogens is 1. The highest BCUT2D eigenvalue weighted by Crippen LogP contribution is 2.29. The van der Waals surface area contributed by atoms with Crippen LogP contribution in [0.3, 0.4) is 0 Å². The molecule has 1 fully saturated rings. The van der Waals surface area contributed by atoms with E-state index in [9.17, 15) is 4.79 Å². The van der Waals surface area contributed by atoms with Gasteiger partial charge < -0.3 is 10.2 Å². The third-order valence-electron chi connectivity index (χ3n) is 5.39. The number of anilines is 1. The number of piperazine rings is 1. The second-order valence-electron chi connectivity index (χ2n) is 8.27. The Morgan fingerprint density at radius 3 is 2.53 bits per heavy atom. The van der Waals surface area contributed by atoms with Crippen LogP contribution in [0.5, 0.6) is 0 Å². The highest BCUT2D eigenvalue weighted by Gasteiger charge is 2.34. The highest BCUT2D eigenvalue weighted by molar-refractivity contribution is 6.30. The molecule has 6 nitrogen and oxygen atoms in total. The highest BCUT2D eigenvalue weighted by atomic mass is 35.5. The zero-order valence-electron chi connectivity index (χ0n) is 17.5. The van der Waals surface area contributed by atoms with Gasteiger partial charge in [-0.05, 0) is 50.6 Å². The fraction of sp³-hybridized carbons (Fsp3) is 0.348. The van der Waals surface area contributed by atoms with E-state index in [1.165, 1.54) is 0 Å². The Labute approximate surface area is 181 Å². The van der Waals surface area contributed by atoms with Crippen LogP contribution < -0.4 is 15.8 Å². The Bertz CT molecular complexity index is 1080. The van der Waals surface area contributed by atoms with E-state index in [0.717, 1.165) is 22.7 Å². The molecular weight excluding hydrogens is 398 g/mol. The molecule has 1 N–H and O–H groups in total. The molecule has 1 saturated heterocycles.